The monoisotopic (exact) mass is 344 g/mol. The molecule has 1 aliphatic rings. The first-order valence-electron chi connectivity index (χ1n) is 7.18. The normalized spacial score (nSPS) is 14.4. The molecule has 0 atom stereocenters. The van der Waals surface area contributed by atoms with Crippen LogP contribution in [0.25, 0.3) is 0 Å². The van der Waals surface area contributed by atoms with Gasteiger partial charge >= 0.3 is 0 Å². The van der Waals surface area contributed by atoms with Crippen molar-refractivity contribution < 1.29 is 9.60 Å². The summed E-state index contributed by atoms with van der Waals surface area (Å²) in [4.78, 5) is 12.9. The average Bonchev–Trinajstić information content (AvgIpc) is 2.76. The first-order chi connectivity index (χ1) is 11.6. The van der Waals surface area contributed by atoms with E-state index in [9.17, 15) is 9.60 Å². The van der Waals surface area contributed by atoms with Crippen LogP contribution in [0, 0.1) is 5.82 Å². The van der Waals surface area contributed by atoms with Gasteiger partial charge in [-0.1, -0.05) is 23.7 Å². The Hall–Kier alpha value is -2.57. The van der Waals surface area contributed by atoms with E-state index >= 15 is 0 Å². The Morgan fingerprint density at radius 1 is 1.25 bits per heavy atom. The number of benzene rings is 2. The smallest absolute Gasteiger partial charge is 0.168 e. The van der Waals surface area contributed by atoms with Crippen LogP contribution < -0.4 is 5.48 Å². The van der Waals surface area contributed by atoms with E-state index in [-0.39, 0.29) is 18.2 Å². The first-order valence-corrected chi connectivity index (χ1v) is 7.56. The highest BCUT2D eigenvalue weighted by molar-refractivity contribution is 6.43. The largest absolute Gasteiger partial charge is 0.290 e. The lowest BCUT2D eigenvalue weighted by molar-refractivity contribution is 0.236. The fourth-order valence-electron chi connectivity index (χ4n) is 2.47. The van der Waals surface area contributed by atoms with Crippen molar-refractivity contribution in [3.8, 4) is 0 Å². The molecule has 0 saturated carbocycles. The first kappa shape index (κ1) is 16.3. The fourth-order valence-corrected chi connectivity index (χ4v) is 2.64. The van der Waals surface area contributed by atoms with Gasteiger partial charge in [-0.2, -0.15) is 0 Å². The number of aliphatic imine (C=N–C) groups is 3. The van der Waals surface area contributed by atoms with Crippen LogP contribution in [0.15, 0.2) is 57.4 Å². The molecule has 2 aromatic rings. The van der Waals surface area contributed by atoms with Crippen molar-refractivity contribution in [2.75, 3.05) is 13.6 Å². The second-order valence-corrected chi connectivity index (χ2v) is 5.49. The second kappa shape index (κ2) is 6.90. The van der Waals surface area contributed by atoms with Crippen molar-refractivity contribution in [1.29, 1.82) is 0 Å². The van der Waals surface area contributed by atoms with Gasteiger partial charge in [0.1, 0.15) is 11.5 Å². The van der Waals surface area contributed by atoms with Crippen LogP contribution in [0.2, 0.25) is 5.02 Å². The molecular weight excluding hydrogens is 331 g/mol. The van der Waals surface area contributed by atoms with Crippen molar-refractivity contribution in [2.45, 2.75) is 0 Å². The molecule has 0 unspecified atom stereocenters. The maximum absolute atomic E-state index is 14.3. The highest BCUT2D eigenvalue weighted by Crippen LogP contribution is 2.29. The van der Waals surface area contributed by atoms with Gasteiger partial charge < -0.3 is 0 Å². The van der Waals surface area contributed by atoms with E-state index in [0.29, 0.717) is 33.3 Å². The third kappa shape index (κ3) is 3.06. The number of rotatable bonds is 2. The Kier molecular flexibility index (Phi) is 4.69. The van der Waals surface area contributed by atoms with Gasteiger partial charge in [0.25, 0.3) is 0 Å². The number of nitrogens with one attached hydrogen (secondary N) is 1. The molecule has 122 valence electrons. The van der Waals surface area contributed by atoms with Gasteiger partial charge in [-0.25, -0.2) is 9.38 Å². The standard InChI is InChI=1S/C17H14ClFN4O/c1-20-17(23-24)15-9-21-16(11-4-2-3-5-13(11)19)12-8-10(18)6-7-14(12)22-15/h2-8,24H,9H2,1H3,(H,20,23). The van der Waals surface area contributed by atoms with Crippen molar-refractivity contribution >= 4 is 34.5 Å². The summed E-state index contributed by atoms with van der Waals surface area (Å²) in [6.45, 7) is 0.135. The zero-order chi connectivity index (χ0) is 17.1. The van der Waals surface area contributed by atoms with Crippen LogP contribution in [0.4, 0.5) is 10.1 Å². The van der Waals surface area contributed by atoms with Gasteiger partial charge in [0, 0.05) is 23.2 Å². The summed E-state index contributed by atoms with van der Waals surface area (Å²) in [5.41, 5.74) is 4.46. The molecule has 0 saturated heterocycles. The molecule has 0 spiro atoms. The molecule has 0 bridgehead atoms. The van der Waals surface area contributed by atoms with Crippen molar-refractivity contribution in [3.63, 3.8) is 0 Å². The lowest BCUT2D eigenvalue weighted by Gasteiger charge is -2.09. The number of hydrogen-bond donors (Lipinski definition) is 2. The summed E-state index contributed by atoms with van der Waals surface area (Å²) in [5, 5.41) is 9.70. The minimum Gasteiger partial charge on any atom is -0.290 e. The number of fused-ring (bicyclic) bond motifs is 1. The summed E-state index contributed by atoms with van der Waals surface area (Å²) < 4.78 is 14.3. The number of nitrogens with zero attached hydrogens (tertiary/aromatic N) is 3. The van der Waals surface area contributed by atoms with Crippen LogP contribution in [0.3, 0.4) is 0 Å². The predicted molar refractivity (Wildman–Crippen MR) is 93.7 cm³/mol. The van der Waals surface area contributed by atoms with Crippen molar-refractivity contribution in [1.82, 2.24) is 5.48 Å². The van der Waals surface area contributed by atoms with Gasteiger partial charge in [0.05, 0.1) is 17.9 Å². The van der Waals surface area contributed by atoms with Gasteiger partial charge in [-0.15, -0.1) is 0 Å². The van der Waals surface area contributed by atoms with Gasteiger partial charge in [0.15, 0.2) is 5.84 Å². The molecule has 1 aliphatic heterocycles. The molecule has 24 heavy (non-hydrogen) atoms. The third-order valence-corrected chi connectivity index (χ3v) is 3.82. The van der Waals surface area contributed by atoms with Crippen LogP contribution in [-0.4, -0.2) is 36.1 Å². The van der Waals surface area contributed by atoms with E-state index in [2.05, 4.69) is 15.0 Å². The van der Waals surface area contributed by atoms with E-state index in [1.54, 1.807) is 36.4 Å². The number of halogens is 2. The number of amidine groups is 1. The minimum absolute atomic E-state index is 0.135. The van der Waals surface area contributed by atoms with Gasteiger partial charge in [0.2, 0.25) is 0 Å². The molecule has 0 aliphatic carbocycles. The molecule has 0 fully saturated rings. The van der Waals surface area contributed by atoms with E-state index in [1.165, 1.54) is 13.1 Å². The highest BCUT2D eigenvalue weighted by atomic mass is 35.5. The van der Waals surface area contributed by atoms with Crippen molar-refractivity contribution in [3.05, 3.63) is 64.4 Å². The van der Waals surface area contributed by atoms with Crippen LogP contribution in [0.1, 0.15) is 11.1 Å². The molecule has 0 amide bonds. The van der Waals surface area contributed by atoms with Crippen LogP contribution in [-0.2, 0) is 0 Å². The van der Waals surface area contributed by atoms with E-state index in [4.69, 9.17) is 11.6 Å². The molecule has 5 nitrogen and oxygen atoms in total. The summed E-state index contributed by atoms with van der Waals surface area (Å²) >= 11 is 6.10. The Morgan fingerprint density at radius 2 is 2.04 bits per heavy atom. The van der Waals surface area contributed by atoms with Crippen LogP contribution >= 0.6 is 11.6 Å². The lowest BCUT2D eigenvalue weighted by Crippen LogP contribution is -2.30. The highest BCUT2D eigenvalue weighted by Gasteiger charge is 2.20. The maximum Gasteiger partial charge on any atom is 0.168 e. The predicted octanol–water partition coefficient (Wildman–Crippen LogP) is 3.41. The van der Waals surface area contributed by atoms with Gasteiger partial charge in [-0.3, -0.25) is 20.7 Å². The molecule has 3 rings (SSSR count). The second-order valence-electron chi connectivity index (χ2n) is 5.05. The zero-order valence-corrected chi connectivity index (χ0v) is 13.5. The molecule has 2 aromatic carbocycles. The molecule has 0 aromatic heterocycles. The summed E-state index contributed by atoms with van der Waals surface area (Å²) in [6, 6.07) is 11.5. The minimum atomic E-state index is -0.379. The topological polar surface area (TPSA) is 69.3 Å². The molecular formula is C17H14ClFN4O. The zero-order valence-electron chi connectivity index (χ0n) is 12.8. The number of hydroxylamine groups is 1. The Labute approximate surface area is 143 Å². The Bertz CT molecular complexity index is 877. The summed E-state index contributed by atoms with van der Waals surface area (Å²) in [7, 11) is 1.52. The van der Waals surface area contributed by atoms with Crippen LogP contribution in [0.5, 0.6) is 0 Å². The fraction of sp³-hybridized carbons (Fsp3) is 0.118. The Balaban J connectivity index is 2.21. The summed E-state index contributed by atoms with van der Waals surface area (Å²) in [6.07, 6.45) is 0. The average molecular weight is 345 g/mol. The SMILES string of the molecule is CN=C(NO)C1=Nc2ccc(Cl)cc2C(c2ccccc2F)=NC1. The molecule has 0 radical (unpaired) electrons. The maximum atomic E-state index is 14.3. The van der Waals surface area contributed by atoms with Gasteiger partial charge in [-0.05, 0) is 30.3 Å². The lowest BCUT2D eigenvalue weighted by atomic mass is 10.0. The summed E-state index contributed by atoms with van der Waals surface area (Å²) in [5.74, 6) is -0.176. The van der Waals surface area contributed by atoms with E-state index in [0.717, 1.165) is 0 Å². The Morgan fingerprint density at radius 3 is 2.75 bits per heavy atom. The van der Waals surface area contributed by atoms with Crippen molar-refractivity contribution in [2.24, 2.45) is 15.0 Å². The quantitative estimate of drug-likeness (QED) is 0.498. The van der Waals surface area contributed by atoms with E-state index < -0.39 is 0 Å². The molecule has 2 N–H and O–H groups in total. The third-order valence-electron chi connectivity index (χ3n) is 3.59. The molecule has 7 heteroatoms. The molecule has 1 heterocycles. The van der Waals surface area contributed by atoms with E-state index in [1.807, 2.05) is 5.48 Å². The number of hydrogen-bond acceptors (Lipinski definition) is 4.